The van der Waals surface area contributed by atoms with Gasteiger partial charge in [0.15, 0.2) is 0 Å². The molecule has 1 heterocycles. The molecule has 0 aliphatic carbocycles. The number of aromatic nitrogens is 3. The number of benzene rings is 2. The Morgan fingerprint density at radius 2 is 1.88 bits per heavy atom. The summed E-state index contributed by atoms with van der Waals surface area (Å²) in [6.45, 7) is 0. The molecule has 0 bridgehead atoms. The first-order valence-electron chi connectivity index (χ1n) is 7.08. The standard InChI is InChI=1S/C16H14FN5OS/c17-11-6-8-12(9-7-11)19-14(23)13(10-4-2-1-3-5-10)24-16-20-15(18)21-22-16/h1-9,13H,(H,19,23)(H3,18,20,21,22)/t13-/m1/s1. The normalized spacial score (nSPS) is 11.9. The van der Waals surface area contributed by atoms with E-state index in [-0.39, 0.29) is 17.7 Å². The molecule has 8 heteroatoms. The maximum Gasteiger partial charge on any atom is 0.242 e. The molecule has 0 aliphatic rings. The lowest BCUT2D eigenvalue weighted by Gasteiger charge is -2.15. The highest BCUT2D eigenvalue weighted by molar-refractivity contribution is 8.00. The number of rotatable bonds is 5. The Labute approximate surface area is 141 Å². The summed E-state index contributed by atoms with van der Waals surface area (Å²) in [5.41, 5.74) is 6.84. The zero-order valence-electron chi connectivity index (χ0n) is 12.4. The van der Waals surface area contributed by atoms with Gasteiger partial charge in [0.25, 0.3) is 0 Å². The molecule has 122 valence electrons. The van der Waals surface area contributed by atoms with Crippen molar-refractivity contribution in [3.05, 3.63) is 66.0 Å². The van der Waals surface area contributed by atoms with Crippen molar-refractivity contribution in [2.24, 2.45) is 0 Å². The van der Waals surface area contributed by atoms with Crippen molar-refractivity contribution in [3.63, 3.8) is 0 Å². The number of hydrogen-bond acceptors (Lipinski definition) is 5. The summed E-state index contributed by atoms with van der Waals surface area (Å²) in [6, 6.07) is 14.8. The molecule has 0 aliphatic heterocycles. The Morgan fingerprint density at radius 3 is 2.50 bits per heavy atom. The molecule has 3 rings (SSSR count). The Morgan fingerprint density at radius 1 is 1.17 bits per heavy atom. The second kappa shape index (κ2) is 7.14. The molecule has 0 saturated carbocycles. The third-order valence-electron chi connectivity index (χ3n) is 3.16. The number of hydrogen-bond donors (Lipinski definition) is 3. The van der Waals surface area contributed by atoms with Crippen LogP contribution in [0.2, 0.25) is 0 Å². The van der Waals surface area contributed by atoms with Crippen molar-refractivity contribution in [2.75, 3.05) is 11.1 Å². The number of nitrogen functional groups attached to an aromatic ring is 1. The van der Waals surface area contributed by atoms with Gasteiger partial charge in [0.05, 0.1) is 0 Å². The maximum absolute atomic E-state index is 13.0. The van der Waals surface area contributed by atoms with E-state index >= 15 is 0 Å². The van der Waals surface area contributed by atoms with E-state index in [1.807, 2.05) is 30.3 Å². The molecule has 0 unspecified atom stereocenters. The van der Waals surface area contributed by atoms with Gasteiger partial charge in [-0.3, -0.25) is 4.79 Å². The third kappa shape index (κ3) is 3.90. The van der Waals surface area contributed by atoms with Gasteiger partial charge in [-0.05, 0) is 29.8 Å². The topological polar surface area (TPSA) is 96.7 Å². The molecule has 24 heavy (non-hydrogen) atoms. The highest BCUT2D eigenvalue weighted by Crippen LogP contribution is 2.34. The Balaban J connectivity index is 1.83. The molecule has 0 spiro atoms. The highest BCUT2D eigenvalue weighted by atomic mass is 32.2. The van der Waals surface area contributed by atoms with E-state index in [4.69, 9.17) is 5.73 Å². The minimum Gasteiger partial charge on any atom is -0.368 e. The zero-order chi connectivity index (χ0) is 16.9. The molecule has 1 atom stereocenters. The van der Waals surface area contributed by atoms with Gasteiger partial charge < -0.3 is 11.1 Å². The molecule has 1 amide bonds. The number of H-pyrrole nitrogens is 1. The van der Waals surface area contributed by atoms with Gasteiger partial charge in [-0.25, -0.2) is 9.49 Å². The zero-order valence-corrected chi connectivity index (χ0v) is 13.3. The molecule has 4 N–H and O–H groups in total. The average Bonchev–Trinajstić information content (AvgIpc) is 3.00. The van der Waals surface area contributed by atoms with Gasteiger partial charge in [0, 0.05) is 5.69 Å². The summed E-state index contributed by atoms with van der Waals surface area (Å²) < 4.78 is 13.0. The first-order chi connectivity index (χ1) is 11.6. The number of nitrogens with two attached hydrogens (primary N) is 1. The van der Waals surface area contributed by atoms with Crippen molar-refractivity contribution >= 4 is 29.3 Å². The van der Waals surface area contributed by atoms with Crippen LogP contribution in [0.15, 0.2) is 59.8 Å². The van der Waals surface area contributed by atoms with Crippen molar-refractivity contribution in [3.8, 4) is 0 Å². The van der Waals surface area contributed by atoms with Gasteiger partial charge in [0.2, 0.25) is 17.0 Å². The van der Waals surface area contributed by atoms with Crippen LogP contribution >= 0.6 is 11.8 Å². The fourth-order valence-electron chi connectivity index (χ4n) is 2.06. The van der Waals surface area contributed by atoms with Crippen LogP contribution < -0.4 is 11.1 Å². The minimum atomic E-state index is -0.577. The second-order valence-electron chi connectivity index (χ2n) is 4.91. The summed E-state index contributed by atoms with van der Waals surface area (Å²) in [5, 5.41) is 9.06. The van der Waals surface area contributed by atoms with Crippen LogP contribution in [0.5, 0.6) is 0 Å². The van der Waals surface area contributed by atoms with Gasteiger partial charge >= 0.3 is 0 Å². The molecule has 1 aromatic heterocycles. The molecule has 0 fully saturated rings. The second-order valence-corrected chi connectivity index (χ2v) is 5.98. The van der Waals surface area contributed by atoms with Crippen molar-refractivity contribution in [1.82, 2.24) is 15.2 Å². The maximum atomic E-state index is 13.0. The van der Waals surface area contributed by atoms with Crippen LogP contribution in [0.25, 0.3) is 0 Å². The summed E-state index contributed by atoms with van der Waals surface area (Å²) in [6.07, 6.45) is 0. The van der Waals surface area contributed by atoms with Gasteiger partial charge in [-0.2, -0.15) is 4.98 Å². The molecule has 3 aromatic rings. The van der Waals surface area contributed by atoms with Crippen LogP contribution in [-0.2, 0) is 4.79 Å². The van der Waals surface area contributed by atoms with E-state index in [2.05, 4.69) is 20.5 Å². The molecular formula is C16H14FN5OS. The third-order valence-corrected chi connectivity index (χ3v) is 4.27. The number of nitrogens with one attached hydrogen (secondary N) is 2. The molecule has 0 radical (unpaired) electrons. The van der Waals surface area contributed by atoms with Crippen molar-refractivity contribution in [2.45, 2.75) is 10.4 Å². The number of aromatic amines is 1. The predicted molar refractivity (Wildman–Crippen MR) is 90.9 cm³/mol. The first-order valence-corrected chi connectivity index (χ1v) is 7.96. The minimum absolute atomic E-state index is 0.184. The van der Waals surface area contributed by atoms with Gasteiger partial charge in [-0.15, -0.1) is 5.10 Å². The first kappa shape index (κ1) is 16.0. The van der Waals surface area contributed by atoms with Crippen LogP contribution in [-0.4, -0.2) is 21.1 Å². The number of carbonyl (C=O) groups excluding carboxylic acids is 1. The number of carbonyl (C=O) groups is 1. The van der Waals surface area contributed by atoms with E-state index in [0.29, 0.717) is 10.8 Å². The fraction of sp³-hybridized carbons (Fsp3) is 0.0625. The fourth-order valence-corrected chi connectivity index (χ4v) is 2.98. The number of amides is 1. The number of thioether (sulfide) groups is 1. The summed E-state index contributed by atoms with van der Waals surface area (Å²) in [5.74, 6) is -0.442. The van der Waals surface area contributed by atoms with E-state index in [9.17, 15) is 9.18 Å². The number of halogens is 1. The lowest BCUT2D eigenvalue weighted by atomic mass is 10.1. The van der Waals surface area contributed by atoms with E-state index in [0.717, 1.165) is 5.56 Å². The molecule has 0 saturated heterocycles. The van der Waals surface area contributed by atoms with Crippen molar-refractivity contribution < 1.29 is 9.18 Å². The lowest BCUT2D eigenvalue weighted by Crippen LogP contribution is -2.19. The van der Waals surface area contributed by atoms with Gasteiger partial charge in [-0.1, -0.05) is 42.1 Å². The predicted octanol–water partition coefficient (Wildman–Crippen LogP) is 3.00. The largest absolute Gasteiger partial charge is 0.368 e. The lowest BCUT2D eigenvalue weighted by molar-refractivity contribution is -0.115. The van der Waals surface area contributed by atoms with Gasteiger partial charge in [0.1, 0.15) is 11.1 Å². The van der Waals surface area contributed by atoms with Crippen LogP contribution in [0.4, 0.5) is 16.0 Å². The highest BCUT2D eigenvalue weighted by Gasteiger charge is 2.24. The van der Waals surface area contributed by atoms with E-state index < -0.39 is 5.25 Å². The quantitative estimate of drug-likeness (QED) is 0.619. The summed E-state index contributed by atoms with van der Waals surface area (Å²) in [4.78, 5) is 16.7. The van der Waals surface area contributed by atoms with Crippen molar-refractivity contribution in [1.29, 1.82) is 0 Å². The Hall–Kier alpha value is -2.87. The molecule has 2 aromatic carbocycles. The smallest absolute Gasteiger partial charge is 0.242 e. The Bertz CT molecular complexity index is 822. The van der Waals surface area contributed by atoms with Crippen LogP contribution in [0, 0.1) is 5.82 Å². The van der Waals surface area contributed by atoms with E-state index in [1.165, 1.54) is 36.0 Å². The average molecular weight is 343 g/mol. The van der Waals surface area contributed by atoms with Crippen LogP contribution in [0.3, 0.4) is 0 Å². The SMILES string of the molecule is Nc1nc(S[C@@H](C(=O)Nc2ccc(F)cc2)c2ccccc2)n[nH]1. The summed E-state index contributed by atoms with van der Waals surface area (Å²) in [7, 11) is 0. The Kier molecular flexibility index (Phi) is 4.76. The van der Waals surface area contributed by atoms with Crippen LogP contribution in [0.1, 0.15) is 10.8 Å². The monoisotopic (exact) mass is 343 g/mol. The molecular weight excluding hydrogens is 329 g/mol. The number of nitrogens with zero attached hydrogens (tertiary/aromatic N) is 2. The molecule has 6 nitrogen and oxygen atoms in total. The van der Waals surface area contributed by atoms with E-state index in [1.54, 1.807) is 0 Å². The summed E-state index contributed by atoms with van der Waals surface area (Å²) >= 11 is 1.17. The number of anilines is 2.